The first kappa shape index (κ1) is 12.6. The summed E-state index contributed by atoms with van der Waals surface area (Å²) in [5, 5.41) is 12.5. The van der Waals surface area contributed by atoms with Gasteiger partial charge in [0.15, 0.2) is 0 Å². The topological polar surface area (TPSA) is 49.3 Å². The third-order valence-electron chi connectivity index (χ3n) is 4.02. The predicted octanol–water partition coefficient (Wildman–Crippen LogP) is 2.01. The van der Waals surface area contributed by atoms with Gasteiger partial charge in [-0.3, -0.25) is 4.79 Å². The van der Waals surface area contributed by atoms with E-state index in [1.165, 1.54) is 0 Å². The van der Waals surface area contributed by atoms with Gasteiger partial charge in [-0.05, 0) is 50.9 Å². The van der Waals surface area contributed by atoms with Crippen LogP contribution in [0.1, 0.15) is 44.9 Å². The van der Waals surface area contributed by atoms with Crippen molar-refractivity contribution >= 4 is 5.91 Å². The molecule has 2 N–H and O–H groups in total. The Kier molecular flexibility index (Phi) is 4.60. The molecule has 0 aromatic heterocycles. The van der Waals surface area contributed by atoms with Gasteiger partial charge in [0.1, 0.15) is 0 Å². The van der Waals surface area contributed by atoms with Crippen LogP contribution in [0, 0.1) is 11.8 Å². The van der Waals surface area contributed by atoms with Crippen molar-refractivity contribution in [3.05, 3.63) is 12.2 Å². The molecule has 1 atom stereocenters. The van der Waals surface area contributed by atoms with Crippen molar-refractivity contribution in [2.45, 2.75) is 51.0 Å². The van der Waals surface area contributed by atoms with E-state index in [4.69, 9.17) is 0 Å². The van der Waals surface area contributed by atoms with E-state index in [0.29, 0.717) is 5.92 Å². The number of rotatable bonds is 3. The lowest BCUT2D eigenvalue weighted by Gasteiger charge is -2.26. The third-order valence-corrected chi connectivity index (χ3v) is 4.02. The van der Waals surface area contributed by atoms with Gasteiger partial charge in [0.25, 0.3) is 0 Å². The number of carbonyl (C=O) groups is 1. The first-order valence-electron chi connectivity index (χ1n) is 6.86. The lowest BCUT2D eigenvalue weighted by atomic mass is 9.87. The number of aliphatic hydroxyl groups is 1. The Balaban J connectivity index is 1.67. The summed E-state index contributed by atoms with van der Waals surface area (Å²) in [4.78, 5) is 11.9. The van der Waals surface area contributed by atoms with Crippen LogP contribution in [0.2, 0.25) is 0 Å². The minimum Gasteiger partial charge on any atom is -0.393 e. The molecule has 0 heterocycles. The number of allylic oxidation sites excluding steroid dienone is 2. The highest BCUT2D eigenvalue weighted by atomic mass is 16.3. The molecule has 0 radical (unpaired) electrons. The monoisotopic (exact) mass is 237 g/mol. The molecule has 17 heavy (non-hydrogen) atoms. The van der Waals surface area contributed by atoms with Gasteiger partial charge in [-0.1, -0.05) is 12.2 Å². The Labute approximate surface area is 103 Å². The molecule has 1 fully saturated rings. The van der Waals surface area contributed by atoms with Crippen LogP contribution in [0.3, 0.4) is 0 Å². The summed E-state index contributed by atoms with van der Waals surface area (Å²) in [7, 11) is 0. The summed E-state index contributed by atoms with van der Waals surface area (Å²) in [6.45, 7) is 0.797. The van der Waals surface area contributed by atoms with E-state index < -0.39 is 0 Å². The summed E-state index contributed by atoms with van der Waals surface area (Å²) in [6, 6.07) is 0. The zero-order valence-corrected chi connectivity index (χ0v) is 10.4. The van der Waals surface area contributed by atoms with Crippen LogP contribution < -0.4 is 5.32 Å². The second-order valence-corrected chi connectivity index (χ2v) is 5.40. The lowest BCUT2D eigenvalue weighted by molar-refractivity contribution is -0.125. The zero-order chi connectivity index (χ0) is 12.1. The van der Waals surface area contributed by atoms with Crippen molar-refractivity contribution in [2.24, 2.45) is 11.8 Å². The first-order valence-corrected chi connectivity index (χ1v) is 6.86. The van der Waals surface area contributed by atoms with E-state index in [0.717, 1.165) is 51.5 Å². The van der Waals surface area contributed by atoms with Gasteiger partial charge in [-0.25, -0.2) is 0 Å². The number of nitrogens with one attached hydrogen (secondary N) is 1. The molecule has 0 spiro atoms. The van der Waals surface area contributed by atoms with E-state index in [1.807, 2.05) is 0 Å². The van der Waals surface area contributed by atoms with Crippen molar-refractivity contribution in [1.82, 2.24) is 5.32 Å². The summed E-state index contributed by atoms with van der Waals surface area (Å²) in [5.41, 5.74) is 0. The fraction of sp³-hybridized carbons (Fsp3) is 0.786. The second-order valence-electron chi connectivity index (χ2n) is 5.40. The normalized spacial score (nSPS) is 33.4. The van der Waals surface area contributed by atoms with E-state index in [2.05, 4.69) is 17.5 Å². The van der Waals surface area contributed by atoms with Crippen molar-refractivity contribution in [3.8, 4) is 0 Å². The molecule has 0 saturated heterocycles. The second kappa shape index (κ2) is 6.20. The maximum atomic E-state index is 11.9. The van der Waals surface area contributed by atoms with Crippen LogP contribution in [0.25, 0.3) is 0 Å². The molecule has 1 saturated carbocycles. The smallest absolute Gasteiger partial charge is 0.223 e. The Morgan fingerprint density at radius 3 is 2.59 bits per heavy atom. The minimum absolute atomic E-state index is 0.106. The molecule has 1 unspecified atom stereocenters. The number of carbonyl (C=O) groups excluding carboxylic acids is 1. The molecule has 0 aliphatic heterocycles. The SMILES string of the molecule is O=C(NCC1CCC(O)CC1)C1CC=CCC1. The lowest BCUT2D eigenvalue weighted by Crippen LogP contribution is -2.36. The molecule has 2 aliphatic carbocycles. The van der Waals surface area contributed by atoms with Crippen LogP contribution in [0.4, 0.5) is 0 Å². The fourth-order valence-electron chi connectivity index (χ4n) is 2.77. The number of hydrogen-bond donors (Lipinski definition) is 2. The van der Waals surface area contributed by atoms with Crippen LogP contribution >= 0.6 is 0 Å². The zero-order valence-electron chi connectivity index (χ0n) is 10.4. The Morgan fingerprint density at radius 1 is 1.18 bits per heavy atom. The molecular formula is C14H23NO2. The van der Waals surface area contributed by atoms with Gasteiger partial charge < -0.3 is 10.4 Å². The molecule has 2 rings (SSSR count). The van der Waals surface area contributed by atoms with Gasteiger partial charge in [0, 0.05) is 12.5 Å². The highest BCUT2D eigenvalue weighted by Gasteiger charge is 2.22. The van der Waals surface area contributed by atoms with Crippen molar-refractivity contribution in [3.63, 3.8) is 0 Å². The van der Waals surface area contributed by atoms with Crippen LogP contribution in [0.5, 0.6) is 0 Å². The van der Waals surface area contributed by atoms with Gasteiger partial charge in [-0.2, -0.15) is 0 Å². The molecular weight excluding hydrogens is 214 g/mol. The first-order chi connectivity index (χ1) is 8.25. The third kappa shape index (κ3) is 3.84. The molecule has 0 aromatic rings. The molecule has 0 bridgehead atoms. The molecule has 0 aromatic carbocycles. The van der Waals surface area contributed by atoms with Gasteiger partial charge in [0.05, 0.1) is 6.10 Å². The summed E-state index contributed by atoms with van der Waals surface area (Å²) >= 11 is 0. The van der Waals surface area contributed by atoms with E-state index in [1.54, 1.807) is 0 Å². The highest BCUT2D eigenvalue weighted by molar-refractivity contribution is 5.78. The van der Waals surface area contributed by atoms with E-state index >= 15 is 0 Å². The van der Waals surface area contributed by atoms with Crippen molar-refractivity contribution in [1.29, 1.82) is 0 Å². The van der Waals surface area contributed by atoms with Gasteiger partial charge in [-0.15, -0.1) is 0 Å². The van der Waals surface area contributed by atoms with Gasteiger partial charge in [0.2, 0.25) is 5.91 Å². The van der Waals surface area contributed by atoms with Crippen LogP contribution in [0.15, 0.2) is 12.2 Å². The van der Waals surface area contributed by atoms with E-state index in [9.17, 15) is 9.90 Å². The number of amides is 1. The Bertz CT molecular complexity index is 280. The average Bonchev–Trinajstić information content (AvgIpc) is 2.39. The minimum atomic E-state index is -0.106. The molecule has 96 valence electrons. The molecule has 1 amide bonds. The quantitative estimate of drug-likeness (QED) is 0.738. The maximum Gasteiger partial charge on any atom is 0.223 e. The Morgan fingerprint density at radius 2 is 1.94 bits per heavy atom. The molecule has 3 nitrogen and oxygen atoms in total. The summed E-state index contributed by atoms with van der Waals surface area (Å²) in [6.07, 6.45) is 11.0. The number of aliphatic hydroxyl groups excluding tert-OH is 1. The average molecular weight is 237 g/mol. The Hall–Kier alpha value is -0.830. The van der Waals surface area contributed by atoms with Crippen molar-refractivity contribution in [2.75, 3.05) is 6.54 Å². The van der Waals surface area contributed by atoms with Gasteiger partial charge >= 0.3 is 0 Å². The molecule has 2 aliphatic rings. The maximum absolute atomic E-state index is 11.9. The summed E-state index contributed by atoms with van der Waals surface area (Å²) < 4.78 is 0. The summed E-state index contributed by atoms with van der Waals surface area (Å²) in [5.74, 6) is 0.983. The molecule has 3 heteroatoms. The van der Waals surface area contributed by atoms with Crippen molar-refractivity contribution < 1.29 is 9.90 Å². The largest absolute Gasteiger partial charge is 0.393 e. The van der Waals surface area contributed by atoms with Crippen LogP contribution in [-0.2, 0) is 4.79 Å². The van der Waals surface area contributed by atoms with Crippen LogP contribution in [-0.4, -0.2) is 23.7 Å². The predicted molar refractivity (Wildman–Crippen MR) is 67.5 cm³/mol. The highest BCUT2D eigenvalue weighted by Crippen LogP contribution is 2.24. The number of hydrogen-bond acceptors (Lipinski definition) is 2. The fourth-order valence-corrected chi connectivity index (χ4v) is 2.77. The standard InChI is InChI=1S/C14H23NO2/c16-13-8-6-11(7-9-13)10-15-14(17)12-4-2-1-3-5-12/h1-2,11-13,16H,3-10H2,(H,15,17). The van der Waals surface area contributed by atoms with E-state index in [-0.39, 0.29) is 17.9 Å².